The lowest BCUT2D eigenvalue weighted by atomic mass is 10.0. The van der Waals surface area contributed by atoms with E-state index in [4.69, 9.17) is 0 Å². The molecule has 1 heterocycles. The Bertz CT molecular complexity index is 410. The Balaban J connectivity index is 3.26. The third-order valence-corrected chi connectivity index (χ3v) is 2.65. The number of azo groups is 4. The molecule has 0 saturated carbocycles. The van der Waals surface area contributed by atoms with Crippen LogP contribution in [0.25, 0.3) is 0 Å². The molecule has 0 aromatic heterocycles. The number of hydrogen-bond donors (Lipinski definition) is 0. The summed E-state index contributed by atoms with van der Waals surface area (Å²) in [7, 11) is 8.22. The van der Waals surface area contributed by atoms with Gasteiger partial charge in [0.25, 0.3) is 5.79 Å². The van der Waals surface area contributed by atoms with Gasteiger partial charge in [0.05, 0.1) is 6.54 Å². The smallest absolute Gasteiger partial charge is 0.253 e. The van der Waals surface area contributed by atoms with Gasteiger partial charge < -0.3 is 0 Å². The van der Waals surface area contributed by atoms with Crippen molar-refractivity contribution in [3.05, 3.63) is 12.2 Å². The van der Waals surface area contributed by atoms with Gasteiger partial charge in [-0.1, -0.05) is 0 Å². The number of likely N-dealkylation sites (N-methyl/N-ethyl adjacent to an activating group) is 1. The predicted molar refractivity (Wildman–Crippen MR) is 70.4 cm³/mol. The van der Waals surface area contributed by atoms with E-state index in [1.807, 2.05) is 11.9 Å². The second-order valence-corrected chi connectivity index (χ2v) is 3.96. The SMILES string of the molecule is CN=NC1(N=NC)C=CC(N=NC)(N=NC)N(C)C1. The summed E-state index contributed by atoms with van der Waals surface area (Å²) in [5.41, 5.74) is -0.839. The molecule has 1 aliphatic heterocycles. The van der Waals surface area contributed by atoms with Gasteiger partial charge in [-0.2, -0.15) is 30.7 Å². The maximum absolute atomic E-state index is 4.13. The van der Waals surface area contributed by atoms with Gasteiger partial charge in [0.1, 0.15) is 0 Å². The molecule has 0 saturated heterocycles. The highest BCUT2D eigenvalue weighted by Crippen LogP contribution is 2.32. The molecule has 0 atom stereocenters. The summed E-state index contributed by atoms with van der Waals surface area (Å²) in [6.07, 6.45) is 3.52. The van der Waals surface area contributed by atoms with Crippen LogP contribution >= 0.6 is 0 Å². The van der Waals surface area contributed by atoms with E-state index in [2.05, 4.69) is 40.9 Å². The minimum atomic E-state index is -0.945. The highest BCUT2D eigenvalue weighted by molar-refractivity contribution is 5.18. The van der Waals surface area contributed by atoms with Crippen molar-refractivity contribution in [1.29, 1.82) is 0 Å². The highest BCUT2D eigenvalue weighted by atomic mass is 15.5. The molecule has 0 N–H and O–H groups in total. The second kappa shape index (κ2) is 6.32. The van der Waals surface area contributed by atoms with Crippen LogP contribution in [0.2, 0.25) is 0 Å². The van der Waals surface area contributed by atoms with Crippen molar-refractivity contribution in [1.82, 2.24) is 4.90 Å². The van der Waals surface area contributed by atoms with E-state index in [0.717, 1.165) is 0 Å². The Morgan fingerprint density at radius 3 is 1.63 bits per heavy atom. The normalized spacial score (nSPS) is 33.5. The largest absolute Gasteiger partial charge is 0.264 e. The van der Waals surface area contributed by atoms with Crippen LogP contribution in [0.5, 0.6) is 0 Å². The zero-order chi connectivity index (χ0) is 14.4. The summed E-state index contributed by atoms with van der Waals surface area (Å²) in [4.78, 5) is 1.84. The van der Waals surface area contributed by atoms with E-state index >= 15 is 0 Å². The summed E-state index contributed by atoms with van der Waals surface area (Å²) < 4.78 is 0. The average Bonchev–Trinajstić information content (AvgIpc) is 2.36. The molecule has 0 aromatic carbocycles. The first-order valence-corrected chi connectivity index (χ1v) is 5.73. The van der Waals surface area contributed by atoms with Crippen LogP contribution < -0.4 is 0 Å². The maximum atomic E-state index is 4.13. The quantitative estimate of drug-likeness (QED) is 0.564. The summed E-state index contributed by atoms with van der Waals surface area (Å²) in [6, 6.07) is 0. The second-order valence-electron chi connectivity index (χ2n) is 3.96. The Labute approximate surface area is 112 Å². The van der Waals surface area contributed by atoms with Gasteiger partial charge in [0.2, 0.25) is 5.66 Å². The summed E-state index contributed by atoms with van der Waals surface area (Å²) in [5.74, 6) is -0.945. The van der Waals surface area contributed by atoms with E-state index in [0.29, 0.717) is 6.54 Å². The molecule has 0 aliphatic carbocycles. The van der Waals surface area contributed by atoms with Gasteiger partial charge in [0.15, 0.2) is 0 Å². The third kappa shape index (κ3) is 3.11. The third-order valence-electron chi connectivity index (χ3n) is 2.65. The molecule has 0 bridgehead atoms. The zero-order valence-corrected chi connectivity index (χ0v) is 11.9. The first kappa shape index (κ1) is 15.2. The first-order chi connectivity index (χ1) is 9.08. The summed E-state index contributed by atoms with van der Waals surface area (Å²) in [6.45, 7) is 0.427. The van der Waals surface area contributed by atoms with Crippen LogP contribution in [-0.4, -0.2) is 58.1 Å². The molecule has 104 valence electrons. The molecule has 0 spiro atoms. The van der Waals surface area contributed by atoms with Crippen LogP contribution in [0.1, 0.15) is 0 Å². The standard InChI is InChI=1S/C10H19N9/c1-11-15-9(16-12-2)6-7-10(17-13-3,18-14-4)19(5)8-9/h6-7H,8H2,1-5H3. The molecule has 0 radical (unpaired) electrons. The Morgan fingerprint density at radius 1 is 0.789 bits per heavy atom. The van der Waals surface area contributed by atoms with Crippen molar-refractivity contribution in [2.24, 2.45) is 40.9 Å². The lowest BCUT2D eigenvalue weighted by Crippen LogP contribution is -2.51. The average molecular weight is 265 g/mol. The Kier molecular flexibility index (Phi) is 5.04. The highest BCUT2D eigenvalue weighted by Gasteiger charge is 2.44. The van der Waals surface area contributed by atoms with Gasteiger partial charge in [0, 0.05) is 28.2 Å². The summed E-state index contributed by atoms with van der Waals surface area (Å²) >= 11 is 0. The molecule has 1 rings (SSSR count). The van der Waals surface area contributed by atoms with E-state index in [9.17, 15) is 0 Å². The minimum Gasteiger partial charge on any atom is -0.253 e. The van der Waals surface area contributed by atoms with Crippen molar-refractivity contribution in [3.63, 3.8) is 0 Å². The topological polar surface area (TPSA) is 102 Å². The van der Waals surface area contributed by atoms with Crippen molar-refractivity contribution in [3.8, 4) is 0 Å². The van der Waals surface area contributed by atoms with E-state index in [1.165, 1.54) is 0 Å². The number of hydrogen-bond acceptors (Lipinski definition) is 9. The van der Waals surface area contributed by atoms with Crippen LogP contribution in [0.15, 0.2) is 53.1 Å². The maximum Gasteiger partial charge on any atom is 0.264 e. The first-order valence-electron chi connectivity index (χ1n) is 5.73. The van der Waals surface area contributed by atoms with E-state index in [1.54, 1.807) is 40.3 Å². The fourth-order valence-corrected chi connectivity index (χ4v) is 1.92. The lowest BCUT2D eigenvalue weighted by molar-refractivity contribution is 0.125. The lowest BCUT2D eigenvalue weighted by Gasteiger charge is -2.38. The molecule has 0 unspecified atom stereocenters. The minimum absolute atomic E-state index is 0.427. The zero-order valence-electron chi connectivity index (χ0n) is 11.9. The van der Waals surface area contributed by atoms with Crippen LogP contribution in [0.4, 0.5) is 0 Å². The van der Waals surface area contributed by atoms with Gasteiger partial charge in [-0.25, -0.2) is 0 Å². The molecule has 9 nitrogen and oxygen atoms in total. The van der Waals surface area contributed by atoms with E-state index < -0.39 is 11.4 Å². The van der Waals surface area contributed by atoms with Gasteiger partial charge in [-0.15, -0.1) is 10.2 Å². The van der Waals surface area contributed by atoms with Crippen molar-refractivity contribution < 1.29 is 0 Å². The molecule has 0 amide bonds. The molecule has 1 aliphatic rings. The Morgan fingerprint density at radius 2 is 1.26 bits per heavy atom. The fraction of sp³-hybridized carbons (Fsp3) is 0.800. The molecular weight excluding hydrogens is 246 g/mol. The van der Waals surface area contributed by atoms with E-state index in [-0.39, 0.29) is 0 Å². The molecular formula is C10H19N9. The van der Waals surface area contributed by atoms with Crippen LogP contribution in [0, 0.1) is 0 Å². The van der Waals surface area contributed by atoms with Gasteiger partial charge in [-0.3, -0.25) is 4.90 Å². The van der Waals surface area contributed by atoms with Crippen molar-refractivity contribution in [2.75, 3.05) is 41.8 Å². The van der Waals surface area contributed by atoms with Crippen molar-refractivity contribution in [2.45, 2.75) is 11.4 Å². The molecule has 0 fully saturated rings. The molecule has 9 heteroatoms. The number of nitrogens with zero attached hydrogens (tertiary/aromatic N) is 9. The van der Waals surface area contributed by atoms with Gasteiger partial charge in [-0.05, 0) is 19.2 Å². The van der Waals surface area contributed by atoms with Crippen LogP contribution in [0.3, 0.4) is 0 Å². The molecule has 0 aromatic rings. The summed E-state index contributed by atoms with van der Waals surface area (Å²) in [5, 5.41) is 31.8. The number of rotatable bonds is 4. The predicted octanol–water partition coefficient (Wildman–Crippen LogP) is 2.17. The van der Waals surface area contributed by atoms with Gasteiger partial charge >= 0.3 is 0 Å². The van der Waals surface area contributed by atoms with Crippen LogP contribution in [-0.2, 0) is 0 Å². The van der Waals surface area contributed by atoms with Crippen molar-refractivity contribution >= 4 is 0 Å². The molecule has 19 heavy (non-hydrogen) atoms. The monoisotopic (exact) mass is 265 g/mol. The fourth-order valence-electron chi connectivity index (χ4n) is 1.92. The Hall–Kier alpha value is -1.90.